The lowest BCUT2D eigenvalue weighted by Crippen LogP contribution is -2.20. The Labute approximate surface area is 159 Å². The Morgan fingerprint density at radius 3 is 2.19 bits per heavy atom. The van der Waals surface area contributed by atoms with Gasteiger partial charge in [0.25, 0.3) is 0 Å². The van der Waals surface area contributed by atoms with E-state index in [1.165, 1.54) is 65.6 Å². The van der Waals surface area contributed by atoms with Gasteiger partial charge in [-0.25, -0.2) is 0 Å². The zero-order valence-corrected chi connectivity index (χ0v) is 17.4. The van der Waals surface area contributed by atoms with Crippen molar-refractivity contribution < 1.29 is 0 Å². The first-order valence-electron chi connectivity index (χ1n) is 10.1. The Hall–Kier alpha value is -1.83. The maximum absolute atomic E-state index is 9.04. The number of rotatable bonds is 4. The van der Waals surface area contributed by atoms with Gasteiger partial charge < -0.3 is 10.3 Å². The molecule has 0 radical (unpaired) electrons. The molecule has 0 saturated heterocycles. The Kier molecular flexibility index (Phi) is 5.41. The fourth-order valence-corrected chi connectivity index (χ4v) is 4.68. The van der Waals surface area contributed by atoms with Gasteiger partial charge in [0.2, 0.25) is 0 Å². The minimum atomic E-state index is 0.424. The van der Waals surface area contributed by atoms with Crippen LogP contribution in [0.15, 0.2) is 34.9 Å². The molecule has 2 nitrogen and oxygen atoms in total. The molecule has 0 aromatic heterocycles. The van der Waals surface area contributed by atoms with Crippen LogP contribution in [0.3, 0.4) is 0 Å². The van der Waals surface area contributed by atoms with E-state index in [0.29, 0.717) is 11.8 Å². The number of nitrogens with one attached hydrogen (secondary N) is 1. The Bertz CT molecular complexity index is 773. The van der Waals surface area contributed by atoms with E-state index in [4.69, 9.17) is 5.41 Å². The second-order valence-corrected chi connectivity index (χ2v) is 8.44. The number of hydrogen-bond acceptors (Lipinski definition) is 2. The average Bonchev–Trinajstić information content (AvgIpc) is 2.84. The second kappa shape index (κ2) is 7.42. The van der Waals surface area contributed by atoms with E-state index < -0.39 is 0 Å². The van der Waals surface area contributed by atoms with Crippen molar-refractivity contribution in [1.82, 2.24) is 0 Å². The molecule has 1 unspecified atom stereocenters. The van der Waals surface area contributed by atoms with E-state index in [0.717, 1.165) is 11.3 Å². The van der Waals surface area contributed by atoms with Crippen LogP contribution in [0, 0.1) is 17.2 Å². The third-order valence-corrected chi connectivity index (χ3v) is 6.75. The Balaban J connectivity index is 2.10. The Morgan fingerprint density at radius 2 is 1.65 bits per heavy atom. The van der Waals surface area contributed by atoms with Gasteiger partial charge in [0.1, 0.15) is 0 Å². The van der Waals surface area contributed by atoms with Crippen molar-refractivity contribution in [2.24, 2.45) is 11.8 Å². The monoisotopic (exact) mass is 350 g/mol. The van der Waals surface area contributed by atoms with Gasteiger partial charge >= 0.3 is 0 Å². The molecule has 0 spiro atoms. The van der Waals surface area contributed by atoms with E-state index in [2.05, 4.69) is 64.9 Å². The summed E-state index contributed by atoms with van der Waals surface area (Å²) in [6.45, 7) is 9.08. The third kappa shape index (κ3) is 3.26. The van der Waals surface area contributed by atoms with Crippen molar-refractivity contribution in [2.45, 2.75) is 59.8 Å². The topological polar surface area (TPSA) is 27.1 Å². The van der Waals surface area contributed by atoms with E-state index in [-0.39, 0.29) is 0 Å². The number of allylic oxidation sites excluding steroid dienone is 4. The van der Waals surface area contributed by atoms with Crippen LogP contribution < -0.4 is 4.90 Å². The molecule has 0 aliphatic heterocycles. The summed E-state index contributed by atoms with van der Waals surface area (Å²) in [5, 5.41) is 9.04. The molecular formula is C24H34N2. The molecule has 3 rings (SSSR count). The van der Waals surface area contributed by atoms with Gasteiger partial charge in [0.05, 0.1) is 0 Å². The number of nitrogens with zero attached hydrogens (tertiary/aromatic N) is 1. The van der Waals surface area contributed by atoms with E-state index in [1.807, 2.05) is 0 Å². The number of benzene rings is 1. The van der Waals surface area contributed by atoms with Crippen molar-refractivity contribution in [3.8, 4) is 0 Å². The van der Waals surface area contributed by atoms with E-state index in [1.54, 1.807) is 0 Å². The lowest BCUT2D eigenvalue weighted by molar-refractivity contribution is 0.438. The second-order valence-electron chi connectivity index (χ2n) is 8.44. The standard InChI is InChI=1S/C24H34N2/c1-15-16(2)18(4)23(17(15)3)21-13-12-20(26(5)6)14-22(21)24(25)19-10-8-7-9-11-19/h12-14,17,19,25H,7-11H2,1-6H3. The fraction of sp³-hybridized carbons (Fsp3) is 0.542. The van der Waals surface area contributed by atoms with Crippen LogP contribution in [0.1, 0.15) is 70.9 Å². The molecule has 1 atom stereocenters. The van der Waals surface area contributed by atoms with E-state index in [9.17, 15) is 0 Å². The first-order chi connectivity index (χ1) is 12.3. The molecule has 1 fully saturated rings. The summed E-state index contributed by atoms with van der Waals surface area (Å²) in [5.74, 6) is 0.866. The van der Waals surface area contributed by atoms with Crippen LogP contribution in [-0.2, 0) is 0 Å². The highest BCUT2D eigenvalue weighted by Crippen LogP contribution is 2.44. The first kappa shape index (κ1) is 18.9. The molecule has 2 aliphatic rings. The molecular weight excluding hydrogens is 316 g/mol. The zero-order chi connectivity index (χ0) is 19.0. The number of anilines is 1. The van der Waals surface area contributed by atoms with Crippen LogP contribution >= 0.6 is 0 Å². The molecule has 2 aliphatic carbocycles. The predicted octanol–water partition coefficient (Wildman–Crippen LogP) is 6.46. The third-order valence-electron chi connectivity index (χ3n) is 6.75. The minimum absolute atomic E-state index is 0.424. The smallest absolute Gasteiger partial charge is 0.0423 e. The molecule has 0 bridgehead atoms. The highest BCUT2D eigenvalue weighted by Gasteiger charge is 2.29. The quantitative estimate of drug-likeness (QED) is 0.620. The first-order valence-corrected chi connectivity index (χ1v) is 10.1. The van der Waals surface area contributed by atoms with Crippen molar-refractivity contribution in [1.29, 1.82) is 5.41 Å². The lowest BCUT2D eigenvalue weighted by Gasteiger charge is -2.26. The lowest BCUT2D eigenvalue weighted by atomic mass is 9.79. The van der Waals surface area contributed by atoms with Crippen molar-refractivity contribution >= 4 is 17.0 Å². The molecule has 2 heteroatoms. The maximum atomic E-state index is 9.04. The minimum Gasteiger partial charge on any atom is -0.378 e. The summed E-state index contributed by atoms with van der Waals surface area (Å²) < 4.78 is 0. The molecule has 1 aromatic carbocycles. The molecule has 1 aromatic rings. The van der Waals surface area contributed by atoms with Gasteiger partial charge in [-0.15, -0.1) is 0 Å². The van der Waals surface area contributed by atoms with Crippen molar-refractivity contribution in [3.63, 3.8) is 0 Å². The molecule has 1 saturated carbocycles. The van der Waals surface area contributed by atoms with E-state index >= 15 is 0 Å². The summed E-state index contributed by atoms with van der Waals surface area (Å²) in [6.07, 6.45) is 6.22. The SMILES string of the molecule is CC1=C(C)C(C)C(c2ccc(N(C)C)cc2C(=N)C2CCCCC2)=C1C. The van der Waals surface area contributed by atoms with Gasteiger partial charge in [-0.1, -0.05) is 37.8 Å². The molecule has 1 N–H and O–H groups in total. The molecule has 0 amide bonds. The van der Waals surface area contributed by atoms with Crippen LogP contribution in [-0.4, -0.2) is 19.8 Å². The van der Waals surface area contributed by atoms with Crippen LogP contribution in [0.4, 0.5) is 5.69 Å². The van der Waals surface area contributed by atoms with Crippen molar-refractivity contribution in [2.75, 3.05) is 19.0 Å². The zero-order valence-electron chi connectivity index (χ0n) is 17.4. The van der Waals surface area contributed by atoms with Crippen LogP contribution in [0.25, 0.3) is 5.57 Å². The van der Waals surface area contributed by atoms with Crippen LogP contribution in [0.5, 0.6) is 0 Å². The highest BCUT2D eigenvalue weighted by molar-refractivity contribution is 6.05. The van der Waals surface area contributed by atoms with Gasteiger partial charge in [0, 0.05) is 42.9 Å². The maximum Gasteiger partial charge on any atom is 0.0423 e. The van der Waals surface area contributed by atoms with Gasteiger partial charge in [-0.3, -0.25) is 0 Å². The summed E-state index contributed by atoms with van der Waals surface area (Å²) in [6, 6.07) is 6.73. The summed E-state index contributed by atoms with van der Waals surface area (Å²) >= 11 is 0. The van der Waals surface area contributed by atoms with Gasteiger partial charge in [0.15, 0.2) is 0 Å². The highest BCUT2D eigenvalue weighted by atomic mass is 15.1. The Morgan fingerprint density at radius 1 is 1.00 bits per heavy atom. The van der Waals surface area contributed by atoms with Crippen molar-refractivity contribution in [3.05, 3.63) is 46.0 Å². The summed E-state index contributed by atoms with van der Waals surface area (Å²) in [7, 11) is 4.17. The molecule has 26 heavy (non-hydrogen) atoms. The summed E-state index contributed by atoms with van der Waals surface area (Å²) in [4.78, 5) is 2.15. The largest absolute Gasteiger partial charge is 0.378 e. The normalized spacial score (nSPS) is 21.5. The predicted molar refractivity (Wildman–Crippen MR) is 114 cm³/mol. The average molecular weight is 351 g/mol. The van der Waals surface area contributed by atoms with Gasteiger partial charge in [-0.05, 0) is 68.0 Å². The molecule has 140 valence electrons. The van der Waals surface area contributed by atoms with Crippen LogP contribution in [0.2, 0.25) is 0 Å². The fourth-order valence-electron chi connectivity index (χ4n) is 4.68. The van der Waals surface area contributed by atoms with Gasteiger partial charge in [-0.2, -0.15) is 0 Å². The number of hydrogen-bond donors (Lipinski definition) is 1. The molecule has 0 heterocycles. The summed E-state index contributed by atoms with van der Waals surface area (Å²) in [5.41, 5.74) is 10.2.